The standard InChI is InChI=1S/C54H54N2Si/c1-8-11-18-42-37(10-3)54(44-24-17-22-39(52(42)44)36-28-30-51-47(33-36)41-20-13-15-26-49(41)56(51)5)57(6,7)53-34(9-2)31-45-38(21-16-23-43(45)53)35-27-29-50-46(32-35)40-19-12-14-25-48(40)55(50)4/h12-17,19-33,53-54H,8-11,18H2,1-7H3. The number of hydrogen-bond acceptors (Lipinski definition) is 0. The third kappa shape index (κ3) is 5.27. The van der Waals surface area contributed by atoms with E-state index in [4.69, 9.17) is 0 Å². The van der Waals surface area contributed by atoms with E-state index in [1.807, 2.05) is 0 Å². The lowest BCUT2D eigenvalue weighted by molar-refractivity contribution is 0.818. The van der Waals surface area contributed by atoms with Crippen LogP contribution in [0.5, 0.6) is 0 Å². The number of aryl methyl sites for hydroxylation is 2. The zero-order chi connectivity index (χ0) is 39.2. The lowest BCUT2D eigenvalue weighted by Gasteiger charge is -2.40. The van der Waals surface area contributed by atoms with Crippen LogP contribution in [0.2, 0.25) is 13.1 Å². The highest BCUT2D eigenvalue weighted by atomic mass is 28.3. The zero-order valence-corrected chi connectivity index (χ0v) is 35.7. The highest BCUT2D eigenvalue weighted by Gasteiger charge is 2.49. The van der Waals surface area contributed by atoms with Crippen molar-refractivity contribution < 1.29 is 0 Å². The molecule has 6 aromatic carbocycles. The van der Waals surface area contributed by atoms with Crippen LogP contribution in [0.15, 0.2) is 132 Å². The average molecular weight is 759 g/mol. The first-order valence-electron chi connectivity index (χ1n) is 21.4. The maximum Gasteiger partial charge on any atom is 0.0722 e. The minimum atomic E-state index is -2.12. The molecule has 2 aliphatic carbocycles. The van der Waals surface area contributed by atoms with Crippen LogP contribution in [0.4, 0.5) is 0 Å². The van der Waals surface area contributed by atoms with Gasteiger partial charge in [0.05, 0.1) is 8.07 Å². The van der Waals surface area contributed by atoms with Gasteiger partial charge in [-0.3, -0.25) is 0 Å². The van der Waals surface area contributed by atoms with Gasteiger partial charge < -0.3 is 9.13 Å². The minimum absolute atomic E-state index is 0.458. The highest BCUT2D eigenvalue weighted by molar-refractivity contribution is 6.82. The second kappa shape index (κ2) is 13.6. The molecule has 10 rings (SSSR count). The smallest absolute Gasteiger partial charge is 0.0722 e. The first-order valence-corrected chi connectivity index (χ1v) is 24.6. The van der Waals surface area contributed by atoms with Crippen molar-refractivity contribution >= 4 is 63.3 Å². The van der Waals surface area contributed by atoms with Gasteiger partial charge in [-0.15, -0.1) is 0 Å². The number of hydrogen-bond donors (Lipinski definition) is 0. The quantitative estimate of drug-likeness (QED) is 0.130. The average Bonchev–Trinajstić information content (AvgIpc) is 3.96. The molecule has 0 aliphatic heterocycles. The molecule has 2 aliphatic rings. The number of aromatic nitrogens is 2. The fourth-order valence-corrected chi connectivity index (χ4v) is 16.5. The molecule has 0 saturated heterocycles. The minimum Gasteiger partial charge on any atom is -0.344 e. The van der Waals surface area contributed by atoms with Crippen LogP contribution in [-0.2, 0) is 14.1 Å². The molecule has 0 N–H and O–H groups in total. The maximum atomic E-state index is 2.73. The summed E-state index contributed by atoms with van der Waals surface area (Å²) in [7, 11) is 2.27. The predicted octanol–water partition coefficient (Wildman–Crippen LogP) is 15.1. The molecule has 2 aromatic heterocycles. The molecule has 0 amide bonds. The molecule has 2 nitrogen and oxygen atoms in total. The SMILES string of the molecule is CCCCC1=C(CC)C([Si](C)(C)C2C(CC)=Cc3c(-c4ccc5c(c4)c4ccccc4n5C)cccc32)c2cccc(-c3ccc4c(c3)c3ccccc3n4C)c21. The van der Waals surface area contributed by atoms with E-state index in [2.05, 4.69) is 184 Å². The van der Waals surface area contributed by atoms with Crippen LogP contribution in [0.25, 0.3) is 77.5 Å². The number of nitrogens with zero attached hydrogens (tertiary/aromatic N) is 2. The van der Waals surface area contributed by atoms with E-state index in [9.17, 15) is 0 Å². The van der Waals surface area contributed by atoms with E-state index < -0.39 is 8.07 Å². The van der Waals surface area contributed by atoms with Crippen molar-refractivity contribution in [2.24, 2.45) is 14.1 Å². The van der Waals surface area contributed by atoms with Crippen molar-refractivity contribution in [1.29, 1.82) is 0 Å². The summed E-state index contributed by atoms with van der Waals surface area (Å²) in [6.07, 6.45) is 8.37. The van der Waals surface area contributed by atoms with E-state index in [1.54, 1.807) is 33.4 Å². The van der Waals surface area contributed by atoms with Gasteiger partial charge in [0.25, 0.3) is 0 Å². The zero-order valence-electron chi connectivity index (χ0n) is 34.7. The molecular formula is C54H54N2Si. The van der Waals surface area contributed by atoms with Gasteiger partial charge in [-0.25, -0.2) is 0 Å². The summed E-state index contributed by atoms with van der Waals surface area (Å²) < 4.78 is 4.69. The van der Waals surface area contributed by atoms with Crippen LogP contribution in [0, 0.1) is 0 Å². The van der Waals surface area contributed by atoms with Crippen molar-refractivity contribution in [1.82, 2.24) is 9.13 Å². The first kappa shape index (κ1) is 36.0. The van der Waals surface area contributed by atoms with E-state index in [0.717, 1.165) is 19.3 Å². The Morgan fingerprint density at radius 2 is 1.11 bits per heavy atom. The van der Waals surface area contributed by atoms with Crippen LogP contribution in [-0.4, -0.2) is 17.2 Å². The predicted molar refractivity (Wildman–Crippen MR) is 250 cm³/mol. The number of para-hydroxylation sites is 2. The Bertz CT molecular complexity index is 2980. The van der Waals surface area contributed by atoms with Crippen LogP contribution in [0.3, 0.4) is 0 Å². The lowest BCUT2D eigenvalue weighted by atomic mass is 9.90. The van der Waals surface area contributed by atoms with Crippen LogP contribution < -0.4 is 0 Å². The van der Waals surface area contributed by atoms with Gasteiger partial charge in [-0.05, 0) is 112 Å². The summed E-state index contributed by atoms with van der Waals surface area (Å²) >= 11 is 0. The molecule has 3 heteroatoms. The Hall–Kier alpha value is -5.38. The Morgan fingerprint density at radius 1 is 0.544 bits per heavy atom. The lowest BCUT2D eigenvalue weighted by Crippen LogP contribution is -2.42. The molecule has 0 spiro atoms. The van der Waals surface area contributed by atoms with Gasteiger partial charge in [0.1, 0.15) is 0 Å². The van der Waals surface area contributed by atoms with Gasteiger partial charge in [0.15, 0.2) is 0 Å². The Balaban J connectivity index is 1.12. The summed E-state index contributed by atoms with van der Waals surface area (Å²) in [5, 5.41) is 5.34. The van der Waals surface area contributed by atoms with Crippen LogP contribution in [0.1, 0.15) is 86.2 Å². The molecule has 8 aromatic rings. The van der Waals surface area contributed by atoms with Crippen molar-refractivity contribution in [3.63, 3.8) is 0 Å². The topological polar surface area (TPSA) is 9.86 Å². The van der Waals surface area contributed by atoms with E-state index >= 15 is 0 Å². The molecule has 0 fully saturated rings. The summed E-state index contributed by atoms with van der Waals surface area (Å²) in [6.45, 7) is 12.6. The number of benzene rings is 6. The highest BCUT2D eigenvalue weighted by Crippen LogP contribution is 2.58. The Morgan fingerprint density at radius 3 is 1.70 bits per heavy atom. The third-order valence-electron chi connectivity index (χ3n) is 14.1. The molecule has 57 heavy (non-hydrogen) atoms. The van der Waals surface area contributed by atoms with Gasteiger partial charge >= 0.3 is 0 Å². The summed E-state index contributed by atoms with van der Waals surface area (Å²) in [6, 6.07) is 46.6. The number of unbranched alkanes of at least 4 members (excludes halogenated alkanes) is 1. The monoisotopic (exact) mass is 758 g/mol. The van der Waals surface area contributed by atoms with Gasteiger partial charge in [-0.2, -0.15) is 0 Å². The number of fused-ring (bicyclic) bond motifs is 8. The second-order valence-electron chi connectivity index (χ2n) is 17.4. The summed E-state index contributed by atoms with van der Waals surface area (Å²) in [5.41, 5.74) is 22.6. The first-order chi connectivity index (χ1) is 27.8. The van der Waals surface area contributed by atoms with Crippen molar-refractivity contribution in [3.8, 4) is 22.3 Å². The molecule has 2 heterocycles. The largest absolute Gasteiger partial charge is 0.344 e. The van der Waals surface area contributed by atoms with Gasteiger partial charge in [0.2, 0.25) is 0 Å². The summed E-state index contributed by atoms with van der Waals surface area (Å²) in [4.78, 5) is 0. The molecular weight excluding hydrogens is 705 g/mol. The summed E-state index contributed by atoms with van der Waals surface area (Å²) in [5.74, 6) is 0. The maximum absolute atomic E-state index is 2.73. The molecule has 2 unspecified atom stereocenters. The molecule has 284 valence electrons. The molecule has 0 saturated carbocycles. The van der Waals surface area contributed by atoms with Crippen molar-refractivity contribution in [2.45, 2.75) is 77.1 Å². The molecule has 0 radical (unpaired) electrons. The second-order valence-corrected chi connectivity index (χ2v) is 22.2. The van der Waals surface area contributed by atoms with E-state index in [1.165, 1.54) is 84.3 Å². The Kier molecular flexibility index (Phi) is 8.61. The van der Waals surface area contributed by atoms with Gasteiger partial charge in [0, 0.05) is 68.8 Å². The fourth-order valence-electron chi connectivity index (χ4n) is 11.6. The Labute approximate surface area is 339 Å². The van der Waals surface area contributed by atoms with Gasteiger partial charge in [-0.1, -0.05) is 142 Å². The molecule has 2 atom stereocenters. The number of allylic oxidation sites excluding steroid dienone is 3. The van der Waals surface area contributed by atoms with E-state index in [-0.39, 0.29) is 0 Å². The molecule has 0 bridgehead atoms. The van der Waals surface area contributed by atoms with Crippen molar-refractivity contribution in [2.75, 3.05) is 0 Å². The number of rotatable bonds is 9. The van der Waals surface area contributed by atoms with Crippen molar-refractivity contribution in [3.05, 3.63) is 155 Å². The fraction of sp³-hybridized carbons (Fsp3) is 0.259. The normalized spacial score (nSPS) is 16.7. The third-order valence-corrected chi connectivity index (χ3v) is 18.4. The van der Waals surface area contributed by atoms with Crippen LogP contribution >= 0.6 is 0 Å². The van der Waals surface area contributed by atoms with E-state index in [0.29, 0.717) is 11.1 Å².